The lowest BCUT2D eigenvalue weighted by Crippen LogP contribution is -2.12. The first-order valence-electron chi connectivity index (χ1n) is 5.38. The molecule has 1 atom stereocenters. The fourth-order valence-electron chi connectivity index (χ4n) is 1.58. The number of halogens is 2. The Balaban J connectivity index is 3.57. The van der Waals surface area contributed by atoms with Gasteiger partial charge in [-0.3, -0.25) is 4.79 Å². The number of rotatable bonds is 5. The van der Waals surface area contributed by atoms with E-state index in [-0.39, 0.29) is 34.3 Å². The lowest BCUT2D eigenvalue weighted by molar-refractivity contribution is 0.0889. The van der Waals surface area contributed by atoms with Crippen LogP contribution >= 0.6 is 11.6 Å². The number of ether oxygens (including phenoxy) is 1. The Kier molecular flexibility index (Phi) is 5.07. The number of hydrogen-bond acceptors (Lipinski definition) is 4. The topological polar surface area (TPSA) is 66.8 Å². The number of benzene rings is 1. The van der Waals surface area contributed by atoms with E-state index in [1.165, 1.54) is 6.92 Å². The molecule has 0 amide bonds. The summed E-state index contributed by atoms with van der Waals surface area (Å²) in [5.74, 6) is -1.34. The fourth-order valence-corrected chi connectivity index (χ4v) is 1.79. The van der Waals surface area contributed by atoms with Crippen LogP contribution in [-0.4, -0.2) is 29.2 Å². The van der Waals surface area contributed by atoms with E-state index in [0.29, 0.717) is 0 Å². The summed E-state index contributed by atoms with van der Waals surface area (Å²) in [5.41, 5.74) is -0.220. The zero-order valence-corrected chi connectivity index (χ0v) is 10.8. The van der Waals surface area contributed by atoms with Gasteiger partial charge in [0.2, 0.25) is 0 Å². The van der Waals surface area contributed by atoms with Gasteiger partial charge in [-0.1, -0.05) is 11.6 Å². The molecule has 1 aromatic carbocycles. The molecule has 0 aliphatic rings. The summed E-state index contributed by atoms with van der Waals surface area (Å²) in [5, 5.41) is 18.2. The average Bonchev–Trinajstić information content (AvgIpc) is 2.33. The Morgan fingerprint density at radius 3 is 2.67 bits per heavy atom. The van der Waals surface area contributed by atoms with Gasteiger partial charge in [0.1, 0.15) is 11.9 Å². The zero-order chi connectivity index (χ0) is 13.9. The molecule has 0 aromatic heterocycles. The van der Waals surface area contributed by atoms with Crippen molar-refractivity contribution in [3.63, 3.8) is 0 Å². The van der Waals surface area contributed by atoms with Crippen LogP contribution in [0.2, 0.25) is 5.02 Å². The molecule has 0 bridgehead atoms. The maximum atomic E-state index is 13.9. The van der Waals surface area contributed by atoms with E-state index in [9.17, 15) is 14.3 Å². The highest BCUT2D eigenvalue weighted by atomic mass is 35.5. The molecule has 0 fully saturated rings. The van der Waals surface area contributed by atoms with E-state index in [0.717, 1.165) is 6.07 Å². The van der Waals surface area contributed by atoms with Crippen molar-refractivity contribution in [2.45, 2.75) is 20.0 Å². The second-order valence-electron chi connectivity index (χ2n) is 3.65. The molecule has 4 nitrogen and oxygen atoms in total. The van der Waals surface area contributed by atoms with Crippen molar-refractivity contribution in [3.8, 4) is 5.75 Å². The van der Waals surface area contributed by atoms with Crippen molar-refractivity contribution < 1.29 is 24.1 Å². The number of ketones is 1. The number of Topliss-reactive ketones (excluding diaryl/α,β-unsaturated/α-hetero) is 1. The molecule has 1 rings (SSSR count). The van der Waals surface area contributed by atoms with Gasteiger partial charge in [0.25, 0.3) is 0 Å². The number of aliphatic hydroxyl groups excluding tert-OH is 2. The molecule has 0 saturated heterocycles. The molecule has 2 N–H and O–H groups in total. The molecule has 0 spiro atoms. The Bertz CT molecular complexity index is 462. The Labute approximate surface area is 109 Å². The maximum Gasteiger partial charge on any atom is 0.163 e. The summed E-state index contributed by atoms with van der Waals surface area (Å²) in [7, 11) is 0. The molecule has 18 heavy (non-hydrogen) atoms. The third-order valence-electron chi connectivity index (χ3n) is 2.38. The van der Waals surface area contributed by atoms with Crippen LogP contribution in [0.5, 0.6) is 5.75 Å². The fraction of sp³-hybridized carbons (Fsp3) is 0.417. The molecule has 6 heteroatoms. The first-order chi connectivity index (χ1) is 8.43. The van der Waals surface area contributed by atoms with Crippen molar-refractivity contribution in [1.29, 1.82) is 0 Å². The first kappa shape index (κ1) is 14.9. The summed E-state index contributed by atoms with van der Waals surface area (Å²) in [6.07, 6.45) is -1.50. The minimum atomic E-state index is -1.50. The second kappa shape index (κ2) is 6.13. The minimum absolute atomic E-state index is 0.0748. The van der Waals surface area contributed by atoms with Crippen LogP contribution in [0.25, 0.3) is 0 Å². The van der Waals surface area contributed by atoms with Crippen LogP contribution in [0.15, 0.2) is 6.07 Å². The molecule has 0 radical (unpaired) electrons. The van der Waals surface area contributed by atoms with Gasteiger partial charge in [-0.15, -0.1) is 0 Å². The summed E-state index contributed by atoms with van der Waals surface area (Å²) >= 11 is 5.66. The van der Waals surface area contributed by atoms with Crippen LogP contribution in [0.1, 0.15) is 35.9 Å². The van der Waals surface area contributed by atoms with Gasteiger partial charge >= 0.3 is 0 Å². The highest BCUT2D eigenvalue weighted by Gasteiger charge is 2.25. The van der Waals surface area contributed by atoms with Gasteiger partial charge in [-0.05, 0) is 19.9 Å². The van der Waals surface area contributed by atoms with Gasteiger partial charge in [0.05, 0.1) is 29.4 Å². The molecule has 0 aliphatic heterocycles. The molecular formula is C12H14ClFO4. The monoisotopic (exact) mass is 276 g/mol. The highest BCUT2D eigenvalue weighted by Crippen LogP contribution is 2.36. The van der Waals surface area contributed by atoms with E-state index in [4.69, 9.17) is 21.4 Å². The summed E-state index contributed by atoms with van der Waals surface area (Å²) in [6, 6.07) is 1.15. The van der Waals surface area contributed by atoms with Gasteiger partial charge in [-0.2, -0.15) is 0 Å². The molecule has 1 aromatic rings. The van der Waals surface area contributed by atoms with E-state index >= 15 is 0 Å². The third-order valence-corrected chi connectivity index (χ3v) is 2.66. The Morgan fingerprint density at radius 1 is 1.61 bits per heavy atom. The first-order valence-corrected chi connectivity index (χ1v) is 5.76. The predicted octanol–water partition coefficient (Wildman–Crippen LogP) is 2.11. The maximum absolute atomic E-state index is 13.9. The van der Waals surface area contributed by atoms with E-state index in [1.807, 2.05) is 0 Å². The average molecular weight is 277 g/mol. The number of carbonyl (C=O) groups excluding carboxylic acids is 1. The van der Waals surface area contributed by atoms with Crippen molar-refractivity contribution >= 4 is 17.4 Å². The van der Waals surface area contributed by atoms with Crippen LogP contribution in [0.4, 0.5) is 4.39 Å². The molecule has 100 valence electrons. The Hall–Kier alpha value is -1.17. The van der Waals surface area contributed by atoms with Crippen LogP contribution in [0, 0.1) is 5.82 Å². The smallest absolute Gasteiger partial charge is 0.163 e. The zero-order valence-electron chi connectivity index (χ0n) is 10.0. The normalized spacial score (nSPS) is 12.3. The number of hydrogen-bond donors (Lipinski definition) is 2. The lowest BCUT2D eigenvalue weighted by atomic mass is 10.0. The minimum Gasteiger partial charge on any atom is -0.493 e. The lowest BCUT2D eigenvalue weighted by Gasteiger charge is -2.18. The molecular weight excluding hydrogens is 263 g/mol. The van der Waals surface area contributed by atoms with Gasteiger partial charge < -0.3 is 14.9 Å². The SMILES string of the molecule is CCOc1c(C(C)=O)cc(Cl)c(F)c1C(O)CO. The molecule has 1 unspecified atom stereocenters. The molecule has 0 saturated carbocycles. The second-order valence-corrected chi connectivity index (χ2v) is 4.06. The molecule has 0 aliphatic carbocycles. The summed E-state index contributed by atoms with van der Waals surface area (Å²) in [4.78, 5) is 11.5. The van der Waals surface area contributed by atoms with Gasteiger partial charge in [-0.25, -0.2) is 4.39 Å². The standard InChI is InChI=1S/C12H14ClFO4/c1-3-18-12-7(6(2)16)4-8(13)11(14)10(12)9(17)5-15/h4,9,15,17H,3,5H2,1-2H3. The number of aliphatic hydroxyl groups is 2. The highest BCUT2D eigenvalue weighted by molar-refractivity contribution is 6.31. The predicted molar refractivity (Wildman–Crippen MR) is 64.6 cm³/mol. The Morgan fingerprint density at radius 2 is 2.22 bits per heavy atom. The van der Waals surface area contributed by atoms with Gasteiger partial charge in [0, 0.05) is 0 Å². The van der Waals surface area contributed by atoms with Crippen molar-refractivity contribution in [2.75, 3.05) is 13.2 Å². The van der Waals surface area contributed by atoms with Crippen molar-refractivity contribution in [3.05, 3.63) is 28.0 Å². The van der Waals surface area contributed by atoms with Crippen LogP contribution in [0.3, 0.4) is 0 Å². The van der Waals surface area contributed by atoms with E-state index in [1.54, 1.807) is 6.92 Å². The molecule has 0 heterocycles. The third kappa shape index (κ3) is 2.80. The van der Waals surface area contributed by atoms with Gasteiger partial charge in [0.15, 0.2) is 11.6 Å². The summed E-state index contributed by atoms with van der Waals surface area (Å²) < 4.78 is 19.1. The van der Waals surface area contributed by atoms with E-state index < -0.39 is 18.5 Å². The number of carbonyl (C=O) groups is 1. The summed E-state index contributed by atoms with van der Waals surface area (Å²) in [6.45, 7) is 2.42. The van der Waals surface area contributed by atoms with Crippen molar-refractivity contribution in [1.82, 2.24) is 0 Å². The van der Waals surface area contributed by atoms with Crippen LogP contribution < -0.4 is 4.74 Å². The quantitative estimate of drug-likeness (QED) is 0.809. The van der Waals surface area contributed by atoms with E-state index in [2.05, 4.69) is 0 Å². The van der Waals surface area contributed by atoms with Crippen molar-refractivity contribution in [2.24, 2.45) is 0 Å². The largest absolute Gasteiger partial charge is 0.493 e. The van der Waals surface area contributed by atoms with Crippen LogP contribution in [-0.2, 0) is 0 Å².